The number of rotatable bonds is 0. The van der Waals surface area contributed by atoms with E-state index < -0.39 is 0 Å². The Hall–Kier alpha value is 0.0900. The van der Waals surface area contributed by atoms with Crippen LogP contribution in [0.25, 0.3) is 0 Å². The quantitative estimate of drug-likeness (QED) is 0.490. The maximum atomic E-state index is 2.40. The van der Waals surface area contributed by atoms with Gasteiger partial charge in [-0.25, -0.2) is 0 Å². The van der Waals surface area contributed by atoms with Crippen LogP contribution < -0.4 is 0 Å². The highest BCUT2D eigenvalue weighted by atomic mass is 32.1. The first-order chi connectivity index (χ1) is 4.62. The Labute approximate surface area is 76.5 Å². The van der Waals surface area contributed by atoms with Crippen LogP contribution in [0.2, 0.25) is 0 Å². The van der Waals surface area contributed by atoms with Crippen molar-refractivity contribution < 1.29 is 0 Å². The highest BCUT2D eigenvalue weighted by Crippen LogP contribution is 2.58. The lowest BCUT2D eigenvalue weighted by atomic mass is 9.52. The van der Waals surface area contributed by atoms with E-state index in [1.54, 1.807) is 11.1 Å². The summed E-state index contributed by atoms with van der Waals surface area (Å²) in [6.07, 6.45) is 4.24. The summed E-state index contributed by atoms with van der Waals surface area (Å²) < 4.78 is 0. The fourth-order valence-electron chi connectivity index (χ4n) is 2.61. The summed E-state index contributed by atoms with van der Waals surface area (Å²) in [4.78, 5) is 0. The number of hydrogen-bond donors (Lipinski definition) is 0. The molecule has 11 heavy (non-hydrogen) atoms. The zero-order valence-electron chi connectivity index (χ0n) is 7.70. The maximum Gasteiger partial charge on any atom is -0.0111 e. The zero-order valence-corrected chi connectivity index (χ0v) is 8.70. The van der Waals surface area contributed by atoms with Crippen molar-refractivity contribution in [2.24, 2.45) is 11.3 Å². The Balaban J connectivity index is 0.000000605. The molecule has 0 spiro atoms. The molecule has 3 aliphatic carbocycles. The van der Waals surface area contributed by atoms with Crippen LogP contribution in [0.4, 0.5) is 0 Å². The smallest absolute Gasteiger partial charge is 0.0111 e. The minimum Gasteiger partial charge on any atom is -0.197 e. The second kappa shape index (κ2) is 2.55. The summed E-state index contributed by atoms with van der Waals surface area (Å²) in [5.41, 5.74) is 4.04. The maximum absolute atomic E-state index is 2.40. The van der Waals surface area contributed by atoms with Gasteiger partial charge in [-0.15, -0.1) is 0 Å². The Morgan fingerprint density at radius 3 is 2.27 bits per heavy atom. The molecule has 3 rings (SSSR count). The Morgan fingerprint density at radius 1 is 1.36 bits per heavy atom. The lowest BCUT2D eigenvalue weighted by Crippen LogP contribution is -2.41. The average molecular weight is 170 g/mol. The molecule has 0 aromatic carbocycles. The molecule has 0 nitrogen and oxygen atoms in total. The minimum absolute atomic E-state index is 0. The van der Waals surface area contributed by atoms with Gasteiger partial charge in [0.15, 0.2) is 0 Å². The average Bonchev–Trinajstić information content (AvgIpc) is 1.87. The van der Waals surface area contributed by atoms with Gasteiger partial charge in [-0.05, 0) is 37.5 Å². The van der Waals surface area contributed by atoms with E-state index in [2.05, 4.69) is 20.8 Å². The lowest BCUT2D eigenvalue weighted by molar-refractivity contribution is 0.133. The molecule has 0 aliphatic heterocycles. The van der Waals surface area contributed by atoms with Gasteiger partial charge < -0.3 is 0 Å². The first-order valence-corrected chi connectivity index (χ1v) is 4.31. The summed E-state index contributed by atoms with van der Waals surface area (Å²) in [7, 11) is 0. The number of allylic oxidation sites excluding steroid dienone is 2. The van der Waals surface area contributed by atoms with Gasteiger partial charge in [-0.2, -0.15) is 13.5 Å². The number of hydrogen-bond acceptors (Lipinski definition) is 0. The summed E-state index contributed by atoms with van der Waals surface area (Å²) in [6.45, 7) is 7.12. The van der Waals surface area contributed by atoms with Gasteiger partial charge in [0.05, 0.1) is 0 Å². The molecule has 1 unspecified atom stereocenters. The summed E-state index contributed by atoms with van der Waals surface area (Å²) in [6, 6.07) is 0. The topological polar surface area (TPSA) is 0 Å². The molecule has 1 atom stereocenters. The van der Waals surface area contributed by atoms with Gasteiger partial charge in [-0.3, -0.25) is 0 Å². The summed E-state index contributed by atoms with van der Waals surface area (Å²) in [5.74, 6) is 1.02. The predicted molar refractivity (Wildman–Crippen MR) is 54.2 cm³/mol. The normalized spacial score (nSPS) is 32.5. The fourth-order valence-corrected chi connectivity index (χ4v) is 2.61. The molecule has 3 aliphatic rings. The third kappa shape index (κ3) is 1.05. The first kappa shape index (κ1) is 9.18. The molecule has 64 valence electrons. The van der Waals surface area contributed by atoms with Gasteiger partial charge in [0.1, 0.15) is 0 Å². The van der Waals surface area contributed by atoms with E-state index in [1.165, 1.54) is 19.3 Å². The zero-order chi connectivity index (χ0) is 7.35. The van der Waals surface area contributed by atoms with Crippen LogP contribution in [0.1, 0.15) is 40.0 Å². The van der Waals surface area contributed by atoms with Crippen LogP contribution >= 0.6 is 13.5 Å². The standard InChI is InChI=1S/C10H16.H2S/c1-7-4-5-8-6-9(7)10(8,2)3;/h8H,4-6H2,1-3H3;1H2. The van der Waals surface area contributed by atoms with Gasteiger partial charge in [0.25, 0.3) is 0 Å². The van der Waals surface area contributed by atoms with Crippen LogP contribution in [0.15, 0.2) is 11.1 Å². The van der Waals surface area contributed by atoms with Crippen LogP contribution in [0.3, 0.4) is 0 Å². The van der Waals surface area contributed by atoms with Crippen molar-refractivity contribution in [2.45, 2.75) is 40.0 Å². The summed E-state index contributed by atoms with van der Waals surface area (Å²) >= 11 is 0. The van der Waals surface area contributed by atoms with Crippen molar-refractivity contribution in [3.8, 4) is 0 Å². The van der Waals surface area contributed by atoms with E-state index in [1.807, 2.05) is 0 Å². The monoisotopic (exact) mass is 170 g/mol. The Morgan fingerprint density at radius 2 is 2.00 bits per heavy atom. The van der Waals surface area contributed by atoms with Crippen molar-refractivity contribution in [3.05, 3.63) is 11.1 Å². The molecule has 0 saturated heterocycles. The van der Waals surface area contributed by atoms with Crippen LogP contribution in [-0.4, -0.2) is 0 Å². The van der Waals surface area contributed by atoms with Crippen molar-refractivity contribution in [1.29, 1.82) is 0 Å². The predicted octanol–water partition coefficient (Wildman–Crippen LogP) is 3.26. The third-order valence-electron chi connectivity index (χ3n) is 3.63. The van der Waals surface area contributed by atoms with Crippen molar-refractivity contribution in [3.63, 3.8) is 0 Å². The van der Waals surface area contributed by atoms with Gasteiger partial charge in [-0.1, -0.05) is 25.0 Å². The van der Waals surface area contributed by atoms with E-state index in [0.29, 0.717) is 5.41 Å². The minimum atomic E-state index is 0. The van der Waals surface area contributed by atoms with Crippen molar-refractivity contribution in [2.75, 3.05) is 0 Å². The van der Waals surface area contributed by atoms with E-state index in [-0.39, 0.29) is 13.5 Å². The van der Waals surface area contributed by atoms with Crippen LogP contribution in [-0.2, 0) is 0 Å². The largest absolute Gasteiger partial charge is 0.197 e. The molecule has 2 bridgehead atoms. The van der Waals surface area contributed by atoms with Crippen molar-refractivity contribution in [1.82, 2.24) is 0 Å². The lowest BCUT2D eigenvalue weighted by Gasteiger charge is -2.52. The molecule has 0 aromatic rings. The Bertz CT molecular complexity index is 201. The second-order valence-electron chi connectivity index (χ2n) is 4.42. The molecular weight excluding hydrogens is 152 g/mol. The molecule has 0 amide bonds. The SMILES string of the molecule is CC1=C2CC(CC1)C2(C)C.S. The number of fused-ring (bicyclic) bond motifs is 2. The van der Waals surface area contributed by atoms with Crippen LogP contribution in [0.5, 0.6) is 0 Å². The van der Waals surface area contributed by atoms with E-state index in [9.17, 15) is 0 Å². The molecule has 0 aromatic heterocycles. The molecule has 1 fully saturated rings. The molecule has 1 heteroatoms. The highest BCUT2D eigenvalue weighted by molar-refractivity contribution is 7.59. The molecule has 0 radical (unpaired) electrons. The highest BCUT2D eigenvalue weighted by Gasteiger charge is 2.46. The molecule has 0 heterocycles. The molecular formula is C10H18S. The second-order valence-corrected chi connectivity index (χ2v) is 4.42. The molecule has 1 saturated carbocycles. The van der Waals surface area contributed by atoms with Crippen molar-refractivity contribution >= 4 is 13.5 Å². The van der Waals surface area contributed by atoms with E-state index >= 15 is 0 Å². The third-order valence-corrected chi connectivity index (χ3v) is 3.63. The van der Waals surface area contributed by atoms with E-state index in [0.717, 1.165) is 5.92 Å². The first-order valence-electron chi connectivity index (χ1n) is 4.31. The Kier molecular flexibility index (Phi) is 2.13. The van der Waals surface area contributed by atoms with Gasteiger partial charge in [0, 0.05) is 0 Å². The van der Waals surface area contributed by atoms with Gasteiger partial charge >= 0.3 is 0 Å². The van der Waals surface area contributed by atoms with Crippen LogP contribution in [0, 0.1) is 11.3 Å². The summed E-state index contributed by atoms with van der Waals surface area (Å²) in [5, 5.41) is 0. The fraction of sp³-hybridized carbons (Fsp3) is 0.800. The molecule has 0 N–H and O–H groups in total. The van der Waals surface area contributed by atoms with E-state index in [4.69, 9.17) is 0 Å². The van der Waals surface area contributed by atoms with Gasteiger partial charge in [0.2, 0.25) is 0 Å².